The molecular formula is C11H10IN3OS2. The Kier molecular flexibility index (Phi) is 4.95. The number of aryl methyl sites for hydroxylation is 1. The van der Waals surface area contributed by atoms with Gasteiger partial charge < -0.3 is 5.32 Å². The van der Waals surface area contributed by atoms with Gasteiger partial charge >= 0.3 is 0 Å². The number of carbonyl (C=O) groups excluding carboxylic acids is 1. The van der Waals surface area contributed by atoms with Crippen molar-refractivity contribution in [1.82, 2.24) is 10.2 Å². The van der Waals surface area contributed by atoms with Gasteiger partial charge in [0.05, 0.1) is 11.4 Å². The monoisotopic (exact) mass is 391 g/mol. The van der Waals surface area contributed by atoms with Crippen LogP contribution in [-0.4, -0.2) is 21.9 Å². The predicted molar refractivity (Wildman–Crippen MR) is 83.2 cm³/mol. The van der Waals surface area contributed by atoms with Gasteiger partial charge in [0.2, 0.25) is 5.91 Å². The van der Waals surface area contributed by atoms with Crippen LogP contribution in [-0.2, 0) is 4.79 Å². The van der Waals surface area contributed by atoms with Crippen molar-refractivity contribution in [3.8, 4) is 0 Å². The molecule has 0 aliphatic rings. The van der Waals surface area contributed by atoms with Gasteiger partial charge in [-0.15, -0.1) is 10.2 Å². The van der Waals surface area contributed by atoms with Crippen molar-refractivity contribution in [2.45, 2.75) is 11.3 Å². The van der Waals surface area contributed by atoms with Crippen LogP contribution in [0.1, 0.15) is 5.01 Å². The lowest BCUT2D eigenvalue weighted by atomic mass is 10.3. The van der Waals surface area contributed by atoms with Crippen LogP contribution >= 0.6 is 45.7 Å². The molecule has 2 rings (SSSR count). The molecule has 0 fully saturated rings. The van der Waals surface area contributed by atoms with Crippen LogP contribution in [0.3, 0.4) is 0 Å². The third-order valence-corrected chi connectivity index (χ3v) is 4.89. The molecule has 2 aromatic rings. The number of hydrogen-bond donors (Lipinski definition) is 1. The SMILES string of the molecule is Cc1nnc(SCC(=O)Nc2ccccc2I)s1. The van der Waals surface area contributed by atoms with Gasteiger partial charge in [-0.25, -0.2) is 0 Å². The highest BCUT2D eigenvalue weighted by atomic mass is 127. The first-order valence-electron chi connectivity index (χ1n) is 5.12. The van der Waals surface area contributed by atoms with Crippen molar-refractivity contribution in [2.75, 3.05) is 11.1 Å². The van der Waals surface area contributed by atoms with Crippen LogP contribution in [0.25, 0.3) is 0 Å². The molecule has 0 aliphatic heterocycles. The third-order valence-electron chi connectivity index (χ3n) is 1.98. The first-order valence-corrected chi connectivity index (χ1v) is 8.00. The standard InChI is InChI=1S/C11H10IN3OS2/c1-7-14-15-11(18-7)17-6-10(16)13-9-5-3-2-4-8(9)12/h2-5H,6H2,1H3,(H,13,16). The fourth-order valence-electron chi connectivity index (χ4n) is 1.21. The Balaban J connectivity index is 1.88. The zero-order valence-corrected chi connectivity index (χ0v) is 13.3. The average Bonchev–Trinajstić information content (AvgIpc) is 2.76. The highest BCUT2D eigenvalue weighted by Gasteiger charge is 2.08. The fraction of sp³-hybridized carbons (Fsp3) is 0.182. The Morgan fingerprint density at radius 1 is 1.44 bits per heavy atom. The van der Waals surface area contributed by atoms with E-state index < -0.39 is 0 Å². The van der Waals surface area contributed by atoms with Gasteiger partial charge in [-0.1, -0.05) is 35.2 Å². The third kappa shape index (κ3) is 3.92. The maximum Gasteiger partial charge on any atom is 0.234 e. The molecule has 1 heterocycles. The quantitative estimate of drug-likeness (QED) is 0.643. The van der Waals surface area contributed by atoms with Crippen LogP contribution in [0.15, 0.2) is 28.6 Å². The summed E-state index contributed by atoms with van der Waals surface area (Å²) in [5, 5.41) is 11.7. The highest BCUT2D eigenvalue weighted by molar-refractivity contribution is 14.1. The Morgan fingerprint density at radius 2 is 2.22 bits per heavy atom. The van der Waals surface area contributed by atoms with Crippen molar-refractivity contribution < 1.29 is 4.79 Å². The molecule has 0 radical (unpaired) electrons. The number of anilines is 1. The molecule has 4 nitrogen and oxygen atoms in total. The molecule has 18 heavy (non-hydrogen) atoms. The molecule has 0 atom stereocenters. The summed E-state index contributed by atoms with van der Waals surface area (Å²) in [7, 11) is 0. The van der Waals surface area contributed by atoms with Gasteiger partial charge in [0.15, 0.2) is 4.34 Å². The lowest BCUT2D eigenvalue weighted by Gasteiger charge is -2.05. The number of rotatable bonds is 4. The number of nitrogens with one attached hydrogen (secondary N) is 1. The Bertz CT molecular complexity index is 559. The topological polar surface area (TPSA) is 54.9 Å². The summed E-state index contributed by atoms with van der Waals surface area (Å²) < 4.78 is 1.85. The zero-order valence-electron chi connectivity index (χ0n) is 9.51. The van der Waals surface area contributed by atoms with E-state index in [1.807, 2.05) is 31.2 Å². The van der Waals surface area contributed by atoms with E-state index in [4.69, 9.17) is 0 Å². The summed E-state index contributed by atoms with van der Waals surface area (Å²) in [6.45, 7) is 1.90. The first-order chi connectivity index (χ1) is 8.65. The van der Waals surface area contributed by atoms with E-state index in [0.717, 1.165) is 18.6 Å². The smallest absolute Gasteiger partial charge is 0.234 e. The van der Waals surface area contributed by atoms with Gasteiger partial charge in [0.1, 0.15) is 5.01 Å². The van der Waals surface area contributed by atoms with E-state index in [-0.39, 0.29) is 5.91 Å². The molecule has 0 unspecified atom stereocenters. The number of para-hydroxylation sites is 1. The minimum atomic E-state index is -0.0306. The van der Waals surface area contributed by atoms with E-state index in [9.17, 15) is 4.79 Å². The number of thioether (sulfide) groups is 1. The largest absolute Gasteiger partial charge is 0.324 e. The normalized spacial score (nSPS) is 10.3. The van der Waals surface area contributed by atoms with Crippen molar-refractivity contribution in [2.24, 2.45) is 0 Å². The van der Waals surface area contributed by atoms with Crippen molar-refractivity contribution in [3.05, 3.63) is 32.8 Å². The number of nitrogens with zero attached hydrogens (tertiary/aromatic N) is 2. The Morgan fingerprint density at radius 3 is 2.89 bits per heavy atom. The summed E-state index contributed by atoms with van der Waals surface area (Å²) in [4.78, 5) is 11.8. The molecule has 0 spiro atoms. The van der Waals surface area contributed by atoms with Gasteiger partial charge in [0, 0.05) is 3.57 Å². The van der Waals surface area contributed by atoms with Crippen molar-refractivity contribution >= 4 is 57.3 Å². The minimum Gasteiger partial charge on any atom is -0.324 e. The average molecular weight is 391 g/mol. The van der Waals surface area contributed by atoms with Crippen LogP contribution in [0, 0.1) is 10.5 Å². The van der Waals surface area contributed by atoms with Crippen molar-refractivity contribution in [3.63, 3.8) is 0 Å². The second kappa shape index (κ2) is 6.48. The van der Waals surface area contributed by atoms with Crippen molar-refractivity contribution in [1.29, 1.82) is 0 Å². The predicted octanol–water partition coefficient (Wildman–Crippen LogP) is 3.18. The van der Waals surface area contributed by atoms with Gasteiger partial charge in [-0.05, 0) is 41.6 Å². The van der Waals surface area contributed by atoms with E-state index in [0.29, 0.717) is 5.75 Å². The molecule has 7 heteroatoms. The van der Waals surface area contributed by atoms with E-state index in [1.54, 1.807) is 0 Å². The highest BCUT2D eigenvalue weighted by Crippen LogP contribution is 2.22. The lowest BCUT2D eigenvalue weighted by Crippen LogP contribution is -2.14. The summed E-state index contributed by atoms with van der Waals surface area (Å²) in [6.07, 6.45) is 0. The van der Waals surface area contributed by atoms with Crippen LogP contribution in [0.4, 0.5) is 5.69 Å². The summed E-state index contributed by atoms with van der Waals surface area (Å²) >= 11 is 5.10. The van der Waals surface area contributed by atoms with Gasteiger partial charge in [-0.3, -0.25) is 4.79 Å². The number of hydrogen-bond acceptors (Lipinski definition) is 5. The number of benzene rings is 1. The van der Waals surface area contributed by atoms with E-state index in [2.05, 4.69) is 38.1 Å². The second-order valence-electron chi connectivity index (χ2n) is 3.40. The summed E-state index contributed by atoms with van der Waals surface area (Å²) in [6, 6.07) is 7.69. The molecule has 0 bridgehead atoms. The number of carbonyl (C=O) groups is 1. The molecule has 1 aromatic heterocycles. The summed E-state index contributed by atoms with van der Waals surface area (Å²) in [5.74, 6) is 0.316. The second-order valence-corrected chi connectivity index (χ2v) is 6.97. The maximum absolute atomic E-state index is 11.8. The van der Waals surface area contributed by atoms with E-state index >= 15 is 0 Å². The number of aromatic nitrogens is 2. The minimum absolute atomic E-state index is 0.0306. The summed E-state index contributed by atoms with van der Waals surface area (Å²) in [5.41, 5.74) is 0.845. The van der Waals surface area contributed by atoms with Crippen LogP contribution < -0.4 is 5.32 Å². The molecule has 1 aromatic carbocycles. The van der Waals surface area contributed by atoms with E-state index in [1.165, 1.54) is 23.1 Å². The molecule has 0 saturated heterocycles. The molecule has 1 N–H and O–H groups in total. The molecular weight excluding hydrogens is 381 g/mol. The lowest BCUT2D eigenvalue weighted by molar-refractivity contribution is -0.113. The Labute approximate surface area is 127 Å². The number of halogens is 1. The van der Waals surface area contributed by atoms with Crippen LogP contribution in [0.2, 0.25) is 0 Å². The zero-order chi connectivity index (χ0) is 13.0. The van der Waals surface area contributed by atoms with Crippen LogP contribution in [0.5, 0.6) is 0 Å². The Hall–Kier alpha value is -0.670. The molecule has 0 saturated carbocycles. The van der Waals surface area contributed by atoms with Gasteiger partial charge in [-0.2, -0.15) is 0 Å². The molecule has 1 amide bonds. The van der Waals surface area contributed by atoms with Gasteiger partial charge in [0.25, 0.3) is 0 Å². The fourth-order valence-corrected chi connectivity index (χ4v) is 3.35. The molecule has 94 valence electrons. The first kappa shape index (κ1) is 13.8. The molecule has 0 aliphatic carbocycles. The maximum atomic E-state index is 11.8. The number of amides is 1.